The summed E-state index contributed by atoms with van der Waals surface area (Å²) in [6.07, 6.45) is 0. The average Bonchev–Trinajstić information content (AvgIpc) is 2.26. The molecule has 0 spiro atoms. The summed E-state index contributed by atoms with van der Waals surface area (Å²) < 4.78 is 5.65. The molecule has 0 radical (unpaired) electrons. The smallest absolute Gasteiger partial charge is 0.145 e. The van der Waals surface area contributed by atoms with E-state index >= 15 is 0 Å². The topological polar surface area (TPSA) is 48.1 Å². The van der Waals surface area contributed by atoms with Crippen LogP contribution >= 0.6 is 0 Å². The summed E-state index contributed by atoms with van der Waals surface area (Å²) in [4.78, 5) is 4.49. The van der Waals surface area contributed by atoms with Gasteiger partial charge in [-0.3, -0.25) is 0 Å². The van der Waals surface area contributed by atoms with Gasteiger partial charge >= 0.3 is 0 Å². The molecule has 1 aromatic heterocycles. The number of aromatic nitrogens is 1. The molecule has 2 aromatic rings. The lowest BCUT2D eigenvalue weighted by Gasteiger charge is -2.10. The molecule has 0 fully saturated rings. The quantitative estimate of drug-likeness (QED) is 0.856. The summed E-state index contributed by atoms with van der Waals surface area (Å²) in [5.41, 5.74) is 7.56. The summed E-state index contributed by atoms with van der Waals surface area (Å²) >= 11 is 0. The maximum absolute atomic E-state index is 5.67. The zero-order valence-electron chi connectivity index (χ0n) is 9.60. The van der Waals surface area contributed by atoms with E-state index in [4.69, 9.17) is 10.5 Å². The van der Waals surface area contributed by atoms with E-state index < -0.39 is 0 Å². The Bertz CT molecular complexity index is 494. The number of rotatable bonds is 3. The second kappa shape index (κ2) is 4.49. The summed E-state index contributed by atoms with van der Waals surface area (Å²) in [7, 11) is 0. The number of para-hydroxylation sites is 1. The first-order chi connectivity index (χ1) is 7.66. The van der Waals surface area contributed by atoms with Gasteiger partial charge in [-0.1, -0.05) is 18.2 Å². The van der Waals surface area contributed by atoms with Gasteiger partial charge in [0.1, 0.15) is 17.9 Å². The van der Waals surface area contributed by atoms with Crippen LogP contribution in [0, 0.1) is 6.92 Å². The fourth-order valence-corrected chi connectivity index (χ4v) is 1.56. The number of nitrogens with zero attached hydrogens (tertiary/aromatic N) is 1. The first kappa shape index (κ1) is 10.9. The third kappa shape index (κ3) is 2.31. The first-order valence-corrected chi connectivity index (χ1v) is 5.41. The Hall–Kier alpha value is -1.61. The van der Waals surface area contributed by atoms with Gasteiger partial charge in [-0.05, 0) is 26.0 Å². The van der Waals surface area contributed by atoms with Crippen molar-refractivity contribution in [2.24, 2.45) is 5.73 Å². The van der Waals surface area contributed by atoms with Crippen LogP contribution in [-0.2, 0) is 0 Å². The lowest BCUT2D eigenvalue weighted by atomic mass is 10.2. The van der Waals surface area contributed by atoms with Gasteiger partial charge in [-0.25, -0.2) is 4.98 Å². The second-order valence-electron chi connectivity index (χ2n) is 4.07. The van der Waals surface area contributed by atoms with Crippen LogP contribution in [0.4, 0.5) is 0 Å². The largest absolute Gasteiger partial charge is 0.490 e. The van der Waals surface area contributed by atoms with Gasteiger partial charge < -0.3 is 10.5 Å². The van der Waals surface area contributed by atoms with Crippen molar-refractivity contribution in [3.8, 4) is 5.75 Å². The Morgan fingerprint density at radius 1 is 1.31 bits per heavy atom. The number of benzene rings is 1. The fourth-order valence-electron chi connectivity index (χ4n) is 1.56. The molecule has 0 amide bonds. The van der Waals surface area contributed by atoms with Gasteiger partial charge in [0.25, 0.3) is 0 Å². The minimum absolute atomic E-state index is 0.0278. The van der Waals surface area contributed by atoms with Crippen molar-refractivity contribution >= 4 is 10.9 Å². The van der Waals surface area contributed by atoms with Gasteiger partial charge in [0.05, 0.1) is 0 Å². The van der Waals surface area contributed by atoms with Gasteiger partial charge in [-0.15, -0.1) is 0 Å². The Morgan fingerprint density at radius 3 is 2.88 bits per heavy atom. The maximum Gasteiger partial charge on any atom is 0.145 e. The van der Waals surface area contributed by atoms with E-state index in [0.717, 1.165) is 22.3 Å². The highest BCUT2D eigenvalue weighted by Gasteiger charge is 2.04. The zero-order chi connectivity index (χ0) is 11.5. The average molecular weight is 216 g/mol. The lowest BCUT2D eigenvalue weighted by molar-refractivity contribution is 0.299. The summed E-state index contributed by atoms with van der Waals surface area (Å²) in [5.74, 6) is 0.804. The van der Waals surface area contributed by atoms with E-state index in [1.807, 2.05) is 38.1 Å². The van der Waals surface area contributed by atoms with Crippen molar-refractivity contribution in [2.75, 3.05) is 6.61 Å². The Morgan fingerprint density at radius 2 is 2.12 bits per heavy atom. The van der Waals surface area contributed by atoms with E-state index in [-0.39, 0.29) is 6.04 Å². The molecule has 0 aliphatic heterocycles. The normalized spacial score (nSPS) is 12.7. The van der Waals surface area contributed by atoms with Crippen LogP contribution in [-0.4, -0.2) is 17.6 Å². The monoisotopic (exact) mass is 216 g/mol. The van der Waals surface area contributed by atoms with Crippen molar-refractivity contribution in [1.82, 2.24) is 4.98 Å². The van der Waals surface area contributed by atoms with Crippen LogP contribution in [0.5, 0.6) is 5.75 Å². The van der Waals surface area contributed by atoms with Crippen LogP contribution in [0.2, 0.25) is 0 Å². The highest BCUT2D eigenvalue weighted by atomic mass is 16.5. The van der Waals surface area contributed by atoms with Crippen molar-refractivity contribution in [3.63, 3.8) is 0 Å². The van der Waals surface area contributed by atoms with Crippen molar-refractivity contribution < 1.29 is 4.74 Å². The van der Waals surface area contributed by atoms with E-state index in [0.29, 0.717) is 6.61 Å². The van der Waals surface area contributed by atoms with Gasteiger partial charge in [0, 0.05) is 17.1 Å². The van der Waals surface area contributed by atoms with Crippen molar-refractivity contribution in [2.45, 2.75) is 19.9 Å². The first-order valence-electron chi connectivity index (χ1n) is 5.41. The predicted octanol–water partition coefficient (Wildman–Crippen LogP) is 2.27. The number of nitrogens with two attached hydrogens (primary N) is 1. The van der Waals surface area contributed by atoms with E-state index in [1.165, 1.54) is 0 Å². The minimum atomic E-state index is 0.0278. The molecule has 1 aromatic carbocycles. The molecule has 3 nitrogen and oxygen atoms in total. The van der Waals surface area contributed by atoms with Crippen LogP contribution in [0.25, 0.3) is 10.9 Å². The number of hydrogen-bond acceptors (Lipinski definition) is 3. The highest BCUT2D eigenvalue weighted by Crippen LogP contribution is 2.23. The predicted molar refractivity (Wildman–Crippen MR) is 65.6 cm³/mol. The molecule has 1 atom stereocenters. The maximum atomic E-state index is 5.67. The summed E-state index contributed by atoms with van der Waals surface area (Å²) in [6.45, 7) is 4.40. The van der Waals surface area contributed by atoms with Gasteiger partial charge in [-0.2, -0.15) is 0 Å². The molecule has 2 N–H and O–H groups in total. The molecule has 1 heterocycles. The number of fused-ring (bicyclic) bond motifs is 1. The minimum Gasteiger partial charge on any atom is -0.490 e. The molecule has 84 valence electrons. The highest BCUT2D eigenvalue weighted by molar-refractivity contribution is 5.84. The summed E-state index contributed by atoms with van der Waals surface area (Å²) in [5, 5.41) is 1.09. The number of ether oxygens (including phenoxy) is 1. The second-order valence-corrected chi connectivity index (χ2v) is 4.07. The van der Waals surface area contributed by atoms with Crippen LogP contribution in [0.1, 0.15) is 12.6 Å². The molecular weight excluding hydrogens is 200 g/mol. The van der Waals surface area contributed by atoms with Gasteiger partial charge in [0.15, 0.2) is 0 Å². The molecule has 2 rings (SSSR count). The fraction of sp³-hybridized carbons (Fsp3) is 0.308. The lowest BCUT2D eigenvalue weighted by Crippen LogP contribution is -2.23. The van der Waals surface area contributed by atoms with E-state index in [1.54, 1.807) is 0 Å². The van der Waals surface area contributed by atoms with E-state index in [9.17, 15) is 0 Å². The zero-order valence-corrected chi connectivity index (χ0v) is 9.60. The molecule has 16 heavy (non-hydrogen) atoms. The number of pyridine rings is 1. The van der Waals surface area contributed by atoms with E-state index in [2.05, 4.69) is 11.1 Å². The third-order valence-corrected chi connectivity index (χ3v) is 2.32. The Kier molecular flexibility index (Phi) is 3.06. The van der Waals surface area contributed by atoms with Crippen LogP contribution < -0.4 is 10.5 Å². The summed E-state index contributed by atoms with van der Waals surface area (Å²) in [6, 6.07) is 10.0. The standard InChI is InChI=1S/C13H16N2O/c1-9(14)8-16-12-5-3-4-11-7-6-10(2)15-13(11)12/h3-7,9H,8,14H2,1-2H3. The molecular formula is C13H16N2O. The van der Waals surface area contributed by atoms with Crippen molar-refractivity contribution in [3.05, 3.63) is 36.0 Å². The molecule has 0 aliphatic carbocycles. The SMILES string of the molecule is Cc1ccc2cccc(OCC(C)N)c2n1. The number of aryl methyl sites for hydroxylation is 1. The van der Waals surface area contributed by atoms with Crippen molar-refractivity contribution in [1.29, 1.82) is 0 Å². The Labute approximate surface area is 95.2 Å². The third-order valence-electron chi connectivity index (χ3n) is 2.32. The molecule has 0 bridgehead atoms. The molecule has 0 saturated carbocycles. The molecule has 0 aliphatic rings. The Balaban J connectivity index is 2.40. The number of hydrogen-bond donors (Lipinski definition) is 1. The van der Waals surface area contributed by atoms with Crippen LogP contribution in [0.15, 0.2) is 30.3 Å². The molecule has 1 unspecified atom stereocenters. The molecule has 3 heteroatoms. The molecule has 0 saturated heterocycles. The van der Waals surface area contributed by atoms with Gasteiger partial charge in [0.2, 0.25) is 0 Å². The van der Waals surface area contributed by atoms with Crippen LogP contribution in [0.3, 0.4) is 0 Å².